The number of rotatable bonds is 6. The van der Waals surface area contributed by atoms with Gasteiger partial charge in [0, 0.05) is 0 Å². The molecule has 2 rings (SSSR count). The van der Waals surface area contributed by atoms with Crippen LogP contribution in [-0.4, -0.2) is 37.3 Å². The van der Waals surface area contributed by atoms with Crippen LogP contribution >= 0.6 is 11.6 Å². The molecule has 1 aromatic rings. The molecule has 0 spiro atoms. The molecule has 22 heavy (non-hydrogen) atoms. The first kappa shape index (κ1) is 17.3. The molecular weight excluding hydrogens is 367 g/mol. The Morgan fingerprint density at radius 1 is 1.27 bits per heavy atom. The monoisotopic (exact) mass is 388 g/mol. The number of amides is 3. The molecule has 0 aromatic heterocycles. The van der Waals surface area contributed by atoms with Crippen molar-refractivity contribution in [3.05, 3.63) is 30.3 Å². The van der Waals surface area contributed by atoms with Gasteiger partial charge in [-0.25, -0.2) is 0 Å². The number of benzene rings is 1. The molecule has 3 amide bonds. The maximum atomic E-state index is 11.9. The third-order valence-corrected chi connectivity index (χ3v) is 7.84. The van der Waals surface area contributed by atoms with Crippen molar-refractivity contribution in [2.45, 2.75) is 48.8 Å². The van der Waals surface area contributed by atoms with Crippen LogP contribution in [0.5, 0.6) is 0 Å². The summed E-state index contributed by atoms with van der Waals surface area (Å²) in [6, 6.07) is 9.87. The number of nitrogens with one attached hydrogen (secondary N) is 2. The number of hydrogen-bond donors (Lipinski definition) is 2. The van der Waals surface area contributed by atoms with Crippen molar-refractivity contribution in [3.8, 4) is 0 Å². The number of imide groups is 1. The summed E-state index contributed by atoms with van der Waals surface area (Å²) in [6.07, 6.45) is 1.37. The van der Waals surface area contributed by atoms with E-state index in [4.69, 9.17) is 11.6 Å². The van der Waals surface area contributed by atoms with Crippen LogP contribution in [0.3, 0.4) is 0 Å². The van der Waals surface area contributed by atoms with Crippen LogP contribution in [0.2, 0.25) is 4.82 Å². The summed E-state index contributed by atoms with van der Waals surface area (Å²) in [4.78, 5) is 23.2. The minimum atomic E-state index is -0.829. The zero-order chi connectivity index (χ0) is 16.4. The van der Waals surface area contributed by atoms with E-state index in [0.29, 0.717) is 6.42 Å². The summed E-state index contributed by atoms with van der Waals surface area (Å²) >= 11 is 6.78. The number of carbonyl (C=O) groups is 2. The van der Waals surface area contributed by atoms with Crippen molar-refractivity contribution >= 4 is 43.0 Å². The van der Waals surface area contributed by atoms with Crippen molar-refractivity contribution in [3.63, 3.8) is 0 Å². The molecular formula is C16H21ClN2O2Se. The Bertz CT molecular complexity index is 559. The fourth-order valence-corrected chi connectivity index (χ4v) is 5.15. The van der Waals surface area contributed by atoms with E-state index < -0.39 is 11.6 Å². The van der Waals surface area contributed by atoms with Crippen molar-refractivity contribution in [2.24, 2.45) is 0 Å². The standard InChI is InChI=1S/C16H21ClN2O2Se/c1-15(2,17)12(22-11-7-5-4-6-8-11)9-10-16(3)13(20)18-14(21)19-16/h4-8,12H,9-10H2,1-3H3,(H2,18,19,20,21). The molecule has 2 unspecified atom stereocenters. The Morgan fingerprint density at radius 3 is 2.41 bits per heavy atom. The van der Waals surface area contributed by atoms with Crippen molar-refractivity contribution in [1.29, 1.82) is 0 Å². The fraction of sp³-hybridized carbons (Fsp3) is 0.500. The summed E-state index contributed by atoms with van der Waals surface area (Å²) < 4.78 is 1.29. The molecule has 1 aliphatic heterocycles. The van der Waals surface area contributed by atoms with Crippen LogP contribution in [0.1, 0.15) is 33.6 Å². The van der Waals surface area contributed by atoms with Gasteiger partial charge in [0.05, 0.1) is 0 Å². The van der Waals surface area contributed by atoms with E-state index in [0.717, 1.165) is 6.42 Å². The summed E-state index contributed by atoms with van der Waals surface area (Å²) in [7, 11) is 0. The third-order valence-electron chi connectivity index (χ3n) is 3.81. The van der Waals surface area contributed by atoms with E-state index in [1.807, 2.05) is 32.0 Å². The average molecular weight is 388 g/mol. The Kier molecular flexibility index (Phi) is 5.21. The molecule has 6 heteroatoms. The summed E-state index contributed by atoms with van der Waals surface area (Å²) in [5.74, 6) is -0.254. The zero-order valence-electron chi connectivity index (χ0n) is 13.0. The van der Waals surface area contributed by atoms with Gasteiger partial charge < -0.3 is 0 Å². The second-order valence-corrected chi connectivity index (χ2v) is 9.91. The summed E-state index contributed by atoms with van der Waals surface area (Å²) in [5.41, 5.74) is -0.829. The van der Waals surface area contributed by atoms with Crippen LogP contribution < -0.4 is 15.1 Å². The molecule has 2 N–H and O–H groups in total. The average Bonchev–Trinajstić information content (AvgIpc) is 2.68. The molecule has 1 aliphatic rings. The number of urea groups is 1. The first-order valence-electron chi connectivity index (χ1n) is 7.25. The second-order valence-electron chi connectivity index (χ2n) is 6.26. The SMILES string of the molecule is CC1(CCC([Se]c2ccccc2)C(C)(C)Cl)NC(=O)NC1=O. The van der Waals surface area contributed by atoms with E-state index in [9.17, 15) is 9.59 Å². The van der Waals surface area contributed by atoms with Crippen LogP contribution in [0.15, 0.2) is 30.3 Å². The van der Waals surface area contributed by atoms with Gasteiger partial charge in [0.2, 0.25) is 0 Å². The van der Waals surface area contributed by atoms with Crippen LogP contribution in [0.25, 0.3) is 0 Å². The molecule has 1 aromatic carbocycles. The number of alkyl halides is 1. The minimum absolute atomic E-state index is 0.210. The van der Waals surface area contributed by atoms with E-state index in [1.165, 1.54) is 4.46 Å². The van der Waals surface area contributed by atoms with E-state index >= 15 is 0 Å². The quantitative estimate of drug-likeness (QED) is 0.446. The van der Waals surface area contributed by atoms with Crippen LogP contribution in [0.4, 0.5) is 4.79 Å². The topological polar surface area (TPSA) is 58.2 Å². The normalized spacial score (nSPS) is 23.1. The van der Waals surface area contributed by atoms with Gasteiger partial charge in [0.1, 0.15) is 0 Å². The van der Waals surface area contributed by atoms with Crippen molar-refractivity contribution < 1.29 is 9.59 Å². The summed E-state index contributed by atoms with van der Waals surface area (Å²) in [6.45, 7) is 5.79. The third kappa shape index (κ3) is 4.25. The summed E-state index contributed by atoms with van der Waals surface area (Å²) in [5, 5.41) is 5.02. The second kappa shape index (κ2) is 6.61. The molecule has 120 valence electrons. The van der Waals surface area contributed by atoms with Crippen LogP contribution in [0, 0.1) is 0 Å². The molecule has 0 aliphatic carbocycles. The predicted molar refractivity (Wildman–Crippen MR) is 89.8 cm³/mol. The van der Waals surface area contributed by atoms with Gasteiger partial charge in [0.25, 0.3) is 0 Å². The predicted octanol–water partition coefficient (Wildman–Crippen LogP) is 2.20. The van der Waals surface area contributed by atoms with Crippen molar-refractivity contribution in [1.82, 2.24) is 10.6 Å². The van der Waals surface area contributed by atoms with Gasteiger partial charge in [-0.15, -0.1) is 0 Å². The first-order chi connectivity index (χ1) is 10.2. The Hall–Kier alpha value is -1.03. The molecule has 1 saturated heterocycles. The Morgan fingerprint density at radius 2 is 1.91 bits per heavy atom. The molecule has 2 atom stereocenters. The molecule has 1 heterocycles. The van der Waals surface area contributed by atoms with E-state index in [2.05, 4.69) is 22.8 Å². The van der Waals surface area contributed by atoms with Gasteiger partial charge in [-0.05, 0) is 0 Å². The first-order valence-corrected chi connectivity index (χ1v) is 9.47. The number of carbonyl (C=O) groups excluding carboxylic acids is 2. The molecule has 1 fully saturated rings. The molecule has 4 nitrogen and oxygen atoms in total. The van der Waals surface area contributed by atoms with E-state index in [-0.39, 0.29) is 30.6 Å². The van der Waals surface area contributed by atoms with Gasteiger partial charge >= 0.3 is 142 Å². The number of halogens is 1. The van der Waals surface area contributed by atoms with Gasteiger partial charge in [-0.3, -0.25) is 0 Å². The fourth-order valence-electron chi connectivity index (χ4n) is 2.38. The Balaban J connectivity index is 2.05. The van der Waals surface area contributed by atoms with Gasteiger partial charge in [-0.2, -0.15) is 0 Å². The molecule has 0 saturated carbocycles. The molecule has 0 radical (unpaired) electrons. The van der Waals surface area contributed by atoms with Crippen LogP contribution in [-0.2, 0) is 4.79 Å². The zero-order valence-corrected chi connectivity index (χ0v) is 15.5. The maximum absolute atomic E-state index is 11.9. The van der Waals surface area contributed by atoms with Gasteiger partial charge in [0.15, 0.2) is 0 Å². The molecule has 0 bridgehead atoms. The van der Waals surface area contributed by atoms with Gasteiger partial charge in [-0.1, -0.05) is 0 Å². The van der Waals surface area contributed by atoms with E-state index in [1.54, 1.807) is 6.92 Å². The Labute approximate surface area is 142 Å². The number of hydrogen-bond acceptors (Lipinski definition) is 2. The van der Waals surface area contributed by atoms with Crippen molar-refractivity contribution in [2.75, 3.05) is 0 Å².